The molecule has 0 aliphatic heterocycles. The van der Waals surface area contributed by atoms with Gasteiger partial charge in [0.25, 0.3) is 0 Å². The van der Waals surface area contributed by atoms with Crippen LogP contribution in [0.2, 0.25) is 10.0 Å². The zero-order chi connectivity index (χ0) is 18.4. The van der Waals surface area contributed by atoms with E-state index in [1.165, 1.54) is 0 Å². The molecule has 0 N–H and O–H groups in total. The summed E-state index contributed by atoms with van der Waals surface area (Å²) < 4.78 is 5.94. The van der Waals surface area contributed by atoms with Crippen molar-refractivity contribution in [3.05, 3.63) is 99.5 Å². The number of benzene rings is 3. The van der Waals surface area contributed by atoms with Gasteiger partial charge >= 0.3 is 0 Å². The Kier molecular flexibility index (Phi) is 5.96. The molecule has 0 heterocycles. The van der Waals surface area contributed by atoms with Crippen LogP contribution in [-0.2, 0) is 6.61 Å². The topological polar surface area (TPSA) is 33.0 Å². The lowest BCUT2D eigenvalue weighted by Crippen LogP contribution is -1.97. The first kappa shape index (κ1) is 18.1. The SMILES string of the molecule is N#C/C(=C\c1cc(Cl)ccc1OCc1ccccc1)c1ccc(Cl)cc1. The largest absolute Gasteiger partial charge is 0.488 e. The van der Waals surface area contributed by atoms with E-state index in [1.54, 1.807) is 30.3 Å². The summed E-state index contributed by atoms with van der Waals surface area (Å²) in [6.07, 6.45) is 1.77. The van der Waals surface area contributed by atoms with Crippen LogP contribution in [0.25, 0.3) is 11.6 Å². The molecule has 0 radical (unpaired) electrons. The average molecular weight is 380 g/mol. The minimum atomic E-state index is 0.437. The smallest absolute Gasteiger partial charge is 0.127 e. The minimum Gasteiger partial charge on any atom is -0.488 e. The van der Waals surface area contributed by atoms with Crippen molar-refractivity contribution in [3.8, 4) is 11.8 Å². The second-order valence-corrected chi connectivity index (χ2v) is 6.51. The summed E-state index contributed by atoms with van der Waals surface area (Å²) in [6.45, 7) is 0.437. The molecule has 0 saturated carbocycles. The molecule has 3 rings (SSSR count). The lowest BCUT2D eigenvalue weighted by Gasteiger charge is -2.10. The second kappa shape index (κ2) is 8.58. The lowest BCUT2D eigenvalue weighted by molar-refractivity contribution is 0.305. The Morgan fingerprint density at radius 3 is 2.31 bits per heavy atom. The summed E-state index contributed by atoms with van der Waals surface area (Å²) in [4.78, 5) is 0. The van der Waals surface area contributed by atoms with Crippen LogP contribution in [0.4, 0.5) is 0 Å². The number of nitriles is 1. The van der Waals surface area contributed by atoms with Gasteiger partial charge in [-0.15, -0.1) is 0 Å². The Hall–Kier alpha value is -2.73. The van der Waals surface area contributed by atoms with Gasteiger partial charge in [-0.25, -0.2) is 0 Å². The predicted octanol–water partition coefficient (Wildman–Crippen LogP) is 6.64. The molecule has 0 spiro atoms. The van der Waals surface area contributed by atoms with Crippen molar-refractivity contribution in [2.45, 2.75) is 6.61 Å². The maximum Gasteiger partial charge on any atom is 0.127 e. The van der Waals surface area contributed by atoms with Gasteiger partial charge in [0, 0.05) is 15.6 Å². The molecule has 3 aromatic carbocycles. The monoisotopic (exact) mass is 379 g/mol. The highest BCUT2D eigenvalue weighted by molar-refractivity contribution is 6.31. The normalized spacial score (nSPS) is 11.0. The second-order valence-electron chi connectivity index (χ2n) is 5.63. The van der Waals surface area contributed by atoms with Crippen LogP contribution in [0.1, 0.15) is 16.7 Å². The summed E-state index contributed by atoms with van der Waals surface area (Å²) in [6, 6.07) is 24.6. The summed E-state index contributed by atoms with van der Waals surface area (Å²) in [5.74, 6) is 0.667. The first-order chi connectivity index (χ1) is 12.7. The Balaban J connectivity index is 1.91. The fourth-order valence-electron chi connectivity index (χ4n) is 2.46. The van der Waals surface area contributed by atoms with Crippen LogP contribution in [0.3, 0.4) is 0 Å². The van der Waals surface area contributed by atoms with Gasteiger partial charge in [-0.1, -0.05) is 65.7 Å². The van der Waals surface area contributed by atoms with Gasteiger partial charge in [0.05, 0.1) is 11.6 Å². The molecule has 0 bridgehead atoms. The third kappa shape index (κ3) is 4.67. The molecular weight excluding hydrogens is 365 g/mol. The average Bonchev–Trinajstić information content (AvgIpc) is 2.67. The van der Waals surface area contributed by atoms with Gasteiger partial charge in [0.2, 0.25) is 0 Å². The van der Waals surface area contributed by atoms with E-state index < -0.39 is 0 Å². The summed E-state index contributed by atoms with van der Waals surface area (Å²) in [7, 11) is 0. The Bertz CT molecular complexity index is 958. The lowest BCUT2D eigenvalue weighted by atomic mass is 10.0. The van der Waals surface area contributed by atoms with Gasteiger partial charge in [-0.05, 0) is 47.5 Å². The molecule has 0 unspecified atom stereocenters. The molecule has 0 aromatic heterocycles. The standard InChI is InChI=1S/C22H15Cl2NO/c23-20-8-6-17(7-9-20)19(14-25)12-18-13-21(24)10-11-22(18)26-15-16-4-2-1-3-5-16/h1-13H,15H2/b19-12+. The Morgan fingerprint density at radius 2 is 1.62 bits per heavy atom. The molecule has 26 heavy (non-hydrogen) atoms. The molecule has 3 aromatic rings. The van der Waals surface area contributed by atoms with Crippen molar-refractivity contribution in [2.75, 3.05) is 0 Å². The molecule has 2 nitrogen and oxygen atoms in total. The van der Waals surface area contributed by atoms with Crippen molar-refractivity contribution in [1.29, 1.82) is 5.26 Å². The van der Waals surface area contributed by atoms with Crippen molar-refractivity contribution >= 4 is 34.9 Å². The molecule has 0 fully saturated rings. The summed E-state index contributed by atoms with van der Waals surface area (Å²) in [5.41, 5.74) is 3.11. The predicted molar refractivity (Wildman–Crippen MR) is 107 cm³/mol. The minimum absolute atomic E-state index is 0.437. The van der Waals surface area contributed by atoms with Crippen LogP contribution < -0.4 is 4.74 Å². The van der Waals surface area contributed by atoms with Crippen LogP contribution in [0, 0.1) is 11.3 Å². The molecule has 128 valence electrons. The van der Waals surface area contributed by atoms with Crippen molar-refractivity contribution < 1.29 is 4.74 Å². The van der Waals surface area contributed by atoms with Crippen LogP contribution >= 0.6 is 23.2 Å². The van der Waals surface area contributed by atoms with E-state index in [0.717, 1.165) is 16.7 Å². The van der Waals surface area contributed by atoms with E-state index in [-0.39, 0.29) is 0 Å². The molecule has 0 aliphatic carbocycles. The van der Waals surface area contributed by atoms with Gasteiger partial charge in [0.1, 0.15) is 12.4 Å². The van der Waals surface area contributed by atoms with Crippen LogP contribution in [-0.4, -0.2) is 0 Å². The maximum absolute atomic E-state index is 9.55. The first-order valence-electron chi connectivity index (χ1n) is 8.00. The molecule has 0 atom stereocenters. The highest BCUT2D eigenvalue weighted by Crippen LogP contribution is 2.28. The third-order valence-corrected chi connectivity index (χ3v) is 4.27. The van der Waals surface area contributed by atoms with Gasteiger partial charge in [-0.2, -0.15) is 5.26 Å². The molecular formula is C22H15Cl2NO. The highest BCUT2D eigenvalue weighted by atomic mass is 35.5. The number of nitrogens with zero attached hydrogens (tertiary/aromatic N) is 1. The number of ether oxygens (including phenoxy) is 1. The zero-order valence-electron chi connectivity index (χ0n) is 13.8. The Labute approximate surface area is 162 Å². The molecule has 0 saturated heterocycles. The molecule has 4 heteroatoms. The van der Waals surface area contributed by atoms with Crippen molar-refractivity contribution in [1.82, 2.24) is 0 Å². The van der Waals surface area contributed by atoms with Crippen molar-refractivity contribution in [2.24, 2.45) is 0 Å². The van der Waals surface area contributed by atoms with E-state index >= 15 is 0 Å². The fraction of sp³-hybridized carbons (Fsp3) is 0.0455. The molecule has 0 amide bonds. The van der Waals surface area contributed by atoms with E-state index in [2.05, 4.69) is 6.07 Å². The fourth-order valence-corrected chi connectivity index (χ4v) is 2.77. The zero-order valence-corrected chi connectivity index (χ0v) is 15.3. The number of hydrogen-bond acceptors (Lipinski definition) is 2. The third-order valence-electron chi connectivity index (χ3n) is 3.78. The van der Waals surface area contributed by atoms with E-state index in [1.807, 2.05) is 48.5 Å². The van der Waals surface area contributed by atoms with Crippen LogP contribution in [0.5, 0.6) is 5.75 Å². The quantitative estimate of drug-likeness (QED) is 0.367. The van der Waals surface area contributed by atoms with E-state index in [0.29, 0.717) is 28.0 Å². The number of rotatable bonds is 5. The molecule has 0 aliphatic rings. The van der Waals surface area contributed by atoms with Gasteiger partial charge < -0.3 is 4.74 Å². The highest BCUT2D eigenvalue weighted by Gasteiger charge is 2.07. The number of hydrogen-bond donors (Lipinski definition) is 0. The van der Waals surface area contributed by atoms with E-state index in [9.17, 15) is 5.26 Å². The van der Waals surface area contributed by atoms with Gasteiger partial charge in [-0.3, -0.25) is 0 Å². The summed E-state index contributed by atoms with van der Waals surface area (Å²) in [5, 5.41) is 10.8. The Morgan fingerprint density at radius 1 is 0.923 bits per heavy atom. The van der Waals surface area contributed by atoms with Gasteiger partial charge in [0.15, 0.2) is 0 Å². The first-order valence-corrected chi connectivity index (χ1v) is 8.75. The maximum atomic E-state index is 9.55. The number of allylic oxidation sites excluding steroid dienone is 1. The summed E-state index contributed by atoms with van der Waals surface area (Å²) >= 11 is 12.1. The van der Waals surface area contributed by atoms with E-state index in [4.69, 9.17) is 27.9 Å². The van der Waals surface area contributed by atoms with Crippen LogP contribution in [0.15, 0.2) is 72.8 Å². The van der Waals surface area contributed by atoms with Crippen molar-refractivity contribution in [3.63, 3.8) is 0 Å². The number of halogens is 2.